The Morgan fingerprint density at radius 2 is 0.913 bits per heavy atom. The van der Waals surface area contributed by atoms with E-state index in [1.807, 2.05) is 0 Å². The van der Waals surface area contributed by atoms with Crippen LogP contribution in [0.4, 0.5) is 0 Å². The number of benzene rings is 3. The molecule has 23 heavy (non-hydrogen) atoms. The number of rotatable bonds is 4. The molecule has 1 heterocycles. The van der Waals surface area contributed by atoms with Crippen LogP contribution in [0.25, 0.3) is 0 Å². The van der Waals surface area contributed by atoms with Crippen molar-refractivity contribution >= 4 is 0 Å². The molecule has 0 spiro atoms. The fraction of sp³-hybridized carbons (Fsp3) is 0.182. The van der Waals surface area contributed by atoms with E-state index in [0.717, 1.165) is 0 Å². The third kappa shape index (κ3) is 2.29. The van der Waals surface area contributed by atoms with E-state index >= 15 is 0 Å². The van der Waals surface area contributed by atoms with Gasteiger partial charge in [-0.25, -0.2) is 0 Å². The Morgan fingerprint density at radius 3 is 1.17 bits per heavy atom. The molecule has 0 amide bonds. The first-order chi connectivity index (χ1) is 11.3. The van der Waals surface area contributed by atoms with Gasteiger partial charge in [0.25, 0.3) is 0 Å². The molecule has 1 nitrogen and oxygen atoms in total. The van der Waals surface area contributed by atoms with Crippen LogP contribution in [-0.2, 0) is 10.2 Å². The van der Waals surface area contributed by atoms with E-state index in [1.165, 1.54) is 16.7 Å². The van der Waals surface area contributed by atoms with Crippen molar-refractivity contribution in [1.29, 1.82) is 0 Å². The van der Waals surface area contributed by atoms with Crippen LogP contribution in [0.1, 0.15) is 23.6 Å². The Bertz CT molecular complexity index is 668. The molecule has 1 fully saturated rings. The number of hydrogen-bond acceptors (Lipinski definition) is 1. The summed E-state index contributed by atoms with van der Waals surface area (Å²) in [6.45, 7) is 2.16. The lowest BCUT2D eigenvalue weighted by Gasteiger charge is -2.35. The van der Waals surface area contributed by atoms with Gasteiger partial charge in [-0.15, -0.1) is 0 Å². The maximum atomic E-state index is 6.05. The Hall–Kier alpha value is -2.38. The average Bonchev–Trinajstić information content (AvgIpc) is 3.35. The van der Waals surface area contributed by atoms with Crippen molar-refractivity contribution in [2.45, 2.75) is 24.5 Å². The quantitative estimate of drug-likeness (QED) is 0.497. The number of ether oxygens (including phenoxy) is 1. The summed E-state index contributed by atoms with van der Waals surface area (Å²) in [4.78, 5) is 0. The summed E-state index contributed by atoms with van der Waals surface area (Å²) in [5, 5.41) is 0. The van der Waals surface area contributed by atoms with E-state index in [2.05, 4.69) is 97.9 Å². The van der Waals surface area contributed by atoms with Gasteiger partial charge in [0.2, 0.25) is 0 Å². The summed E-state index contributed by atoms with van der Waals surface area (Å²) >= 11 is 0. The molecule has 114 valence electrons. The molecule has 1 heteroatoms. The SMILES string of the molecule is CC1OC1C(c1ccccc1)(c1ccccc1)c1ccccc1. The second-order valence-electron chi connectivity index (χ2n) is 6.17. The summed E-state index contributed by atoms with van der Waals surface area (Å²) in [6, 6.07) is 32.2. The van der Waals surface area contributed by atoms with E-state index in [-0.39, 0.29) is 17.6 Å². The van der Waals surface area contributed by atoms with Crippen LogP contribution < -0.4 is 0 Å². The van der Waals surface area contributed by atoms with Crippen LogP contribution in [0.3, 0.4) is 0 Å². The topological polar surface area (TPSA) is 12.5 Å². The van der Waals surface area contributed by atoms with Gasteiger partial charge in [-0.2, -0.15) is 0 Å². The summed E-state index contributed by atoms with van der Waals surface area (Å²) < 4.78 is 6.05. The zero-order valence-electron chi connectivity index (χ0n) is 13.2. The third-order valence-electron chi connectivity index (χ3n) is 4.83. The molecule has 0 saturated carbocycles. The van der Waals surface area contributed by atoms with E-state index in [0.29, 0.717) is 0 Å². The van der Waals surface area contributed by atoms with Gasteiger partial charge in [0.05, 0.1) is 11.5 Å². The first kappa shape index (κ1) is 14.2. The molecule has 3 aromatic carbocycles. The summed E-state index contributed by atoms with van der Waals surface area (Å²) in [5.74, 6) is 0. The molecule has 1 saturated heterocycles. The van der Waals surface area contributed by atoms with Gasteiger partial charge >= 0.3 is 0 Å². The Morgan fingerprint density at radius 1 is 0.609 bits per heavy atom. The largest absolute Gasteiger partial charge is 0.368 e. The highest BCUT2D eigenvalue weighted by Gasteiger charge is 2.55. The Balaban J connectivity index is 2.03. The Labute approximate surface area is 137 Å². The zero-order valence-corrected chi connectivity index (χ0v) is 13.2. The van der Waals surface area contributed by atoms with Crippen molar-refractivity contribution in [1.82, 2.24) is 0 Å². The molecule has 0 N–H and O–H groups in total. The van der Waals surface area contributed by atoms with Gasteiger partial charge in [0.15, 0.2) is 0 Å². The molecule has 1 aliphatic heterocycles. The monoisotopic (exact) mass is 300 g/mol. The van der Waals surface area contributed by atoms with E-state index in [4.69, 9.17) is 4.74 Å². The number of hydrogen-bond donors (Lipinski definition) is 0. The second-order valence-corrected chi connectivity index (χ2v) is 6.17. The summed E-state index contributed by atoms with van der Waals surface area (Å²) in [6.07, 6.45) is 0.422. The molecule has 0 radical (unpaired) electrons. The van der Waals surface area contributed by atoms with Crippen LogP contribution in [0.15, 0.2) is 91.0 Å². The molecule has 1 aliphatic rings. The van der Waals surface area contributed by atoms with Crippen molar-refractivity contribution in [3.63, 3.8) is 0 Å². The van der Waals surface area contributed by atoms with Crippen molar-refractivity contribution in [2.75, 3.05) is 0 Å². The lowest BCUT2D eigenvalue weighted by molar-refractivity contribution is 0.334. The van der Waals surface area contributed by atoms with Gasteiger partial charge in [-0.3, -0.25) is 0 Å². The lowest BCUT2D eigenvalue weighted by Crippen LogP contribution is -2.36. The normalized spacial score (nSPS) is 20.2. The highest BCUT2D eigenvalue weighted by Crippen LogP contribution is 2.50. The van der Waals surface area contributed by atoms with Crippen LogP contribution >= 0.6 is 0 Å². The average molecular weight is 300 g/mol. The maximum absolute atomic E-state index is 6.05. The molecule has 4 rings (SSSR count). The minimum atomic E-state index is -0.261. The van der Waals surface area contributed by atoms with Crippen molar-refractivity contribution in [3.05, 3.63) is 108 Å². The summed E-state index contributed by atoms with van der Waals surface area (Å²) in [7, 11) is 0. The second kappa shape index (κ2) is 5.68. The number of epoxide rings is 1. The fourth-order valence-corrected chi connectivity index (χ4v) is 3.74. The lowest BCUT2D eigenvalue weighted by atomic mass is 9.66. The minimum absolute atomic E-state index is 0.162. The zero-order chi connectivity index (χ0) is 15.7. The molecule has 0 aliphatic carbocycles. The molecular formula is C22H20O. The van der Waals surface area contributed by atoms with E-state index in [9.17, 15) is 0 Å². The predicted octanol–water partition coefficient (Wildman–Crippen LogP) is 4.81. The van der Waals surface area contributed by atoms with E-state index < -0.39 is 0 Å². The van der Waals surface area contributed by atoms with Gasteiger partial charge in [0.1, 0.15) is 6.10 Å². The smallest absolute Gasteiger partial charge is 0.102 e. The molecule has 3 aromatic rings. The minimum Gasteiger partial charge on any atom is -0.368 e. The van der Waals surface area contributed by atoms with Crippen LogP contribution in [0.2, 0.25) is 0 Å². The van der Waals surface area contributed by atoms with Crippen molar-refractivity contribution in [3.8, 4) is 0 Å². The first-order valence-electron chi connectivity index (χ1n) is 8.15. The molecule has 0 bridgehead atoms. The van der Waals surface area contributed by atoms with Crippen LogP contribution in [-0.4, -0.2) is 12.2 Å². The fourth-order valence-electron chi connectivity index (χ4n) is 3.74. The van der Waals surface area contributed by atoms with E-state index in [1.54, 1.807) is 0 Å². The van der Waals surface area contributed by atoms with Gasteiger partial charge in [0, 0.05) is 0 Å². The van der Waals surface area contributed by atoms with Crippen LogP contribution in [0, 0.1) is 0 Å². The third-order valence-corrected chi connectivity index (χ3v) is 4.83. The predicted molar refractivity (Wildman–Crippen MR) is 93.5 cm³/mol. The highest BCUT2D eigenvalue weighted by atomic mass is 16.6. The maximum Gasteiger partial charge on any atom is 0.102 e. The van der Waals surface area contributed by atoms with Gasteiger partial charge < -0.3 is 4.74 Å². The molecular weight excluding hydrogens is 280 g/mol. The standard InChI is InChI=1S/C22H20O/c1-17-21(23-17)22(18-11-5-2-6-12-18,19-13-7-3-8-14-19)20-15-9-4-10-16-20/h2-17,21H,1H3. The molecule has 2 unspecified atom stereocenters. The summed E-state index contributed by atoms with van der Waals surface area (Å²) in [5.41, 5.74) is 3.59. The Kier molecular flexibility index (Phi) is 3.51. The molecule has 2 atom stereocenters. The van der Waals surface area contributed by atoms with Gasteiger partial charge in [-0.1, -0.05) is 91.0 Å². The molecule has 0 aromatic heterocycles. The highest BCUT2D eigenvalue weighted by molar-refractivity contribution is 5.53. The first-order valence-corrected chi connectivity index (χ1v) is 8.15. The van der Waals surface area contributed by atoms with Gasteiger partial charge in [-0.05, 0) is 23.6 Å². The van der Waals surface area contributed by atoms with Crippen molar-refractivity contribution in [2.24, 2.45) is 0 Å². The van der Waals surface area contributed by atoms with Crippen LogP contribution in [0.5, 0.6) is 0 Å². The van der Waals surface area contributed by atoms with Crippen molar-refractivity contribution < 1.29 is 4.74 Å².